The van der Waals surface area contributed by atoms with E-state index < -0.39 is 5.82 Å². The normalized spacial score (nSPS) is 16.0. The molecule has 1 atom stereocenters. The quantitative estimate of drug-likeness (QED) is 0.623. The molecule has 5 nitrogen and oxygen atoms in total. The van der Waals surface area contributed by atoms with Crippen molar-refractivity contribution in [2.45, 2.75) is 25.6 Å². The summed E-state index contributed by atoms with van der Waals surface area (Å²) in [5, 5.41) is 4.92. The van der Waals surface area contributed by atoms with Crippen molar-refractivity contribution in [1.29, 1.82) is 0 Å². The second kappa shape index (κ2) is 9.15. The van der Waals surface area contributed by atoms with Crippen molar-refractivity contribution in [3.8, 4) is 16.3 Å². The molecule has 7 heteroatoms. The minimum Gasteiger partial charge on any atom is -0.489 e. The van der Waals surface area contributed by atoms with Gasteiger partial charge in [-0.15, -0.1) is 11.3 Å². The van der Waals surface area contributed by atoms with Crippen molar-refractivity contribution in [2.75, 3.05) is 13.2 Å². The molecular formula is C22H21FN2O3S. The van der Waals surface area contributed by atoms with E-state index >= 15 is 0 Å². The summed E-state index contributed by atoms with van der Waals surface area (Å²) in [5.74, 6) is -0.261. The van der Waals surface area contributed by atoms with Crippen LogP contribution in [0.15, 0.2) is 53.9 Å². The Kier molecular flexibility index (Phi) is 6.17. The summed E-state index contributed by atoms with van der Waals surface area (Å²) in [4.78, 5) is 16.6. The SMILES string of the molecule is O=C(NC[C@H]1CCCO1)c1csc(-c2ccc(OCc3ccccc3)cc2F)n1. The predicted octanol–water partition coefficient (Wildman–Crippen LogP) is 4.44. The number of benzene rings is 2. The van der Waals surface area contributed by atoms with Crippen LogP contribution in [0.2, 0.25) is 0 Å². The second-order valence-electron chi connectivity index (χ2n) is 6.80. The van der Waals surface area contributed by atoms with Crippen LogP contribution in [-0.2, 0) is 11.3 Å². The van der Waals surface area contributed by atoms with Crippen LogP contribution in [0.1, 0.15) is 28.9 Å². The van der Waals surface area contributed by atoms with E-state index in [9.17, 15) is 9.18 Å². The van der Waals surface area contributed by atoms with Gasteiger partial charge in [-0.2, -0.15) is 0 Å². The lowest BCUT2D eigenvalue weighted by Crippen LogP contribution is -2.31. The van der Waals surface area contributed by atoms with Crippen LogP contribution in [0.4, 0.5) is 4.39 Å². The van der Waals surface area contributed by atoms with Crippen LogP contribution < -0.4 is 10.1 Å². The van der Waals surface area contributed by atoms with Crippen molar-refractivity contribution >= 4 is 17.2 Å². The molecule has 2 aromatic carbocycles. The Bertz CT molecular complexity index is 971. The van der Waals surface area contributed by atoms with Gasteiger partial charge in [0, 0.05) is 30.2 Å². The third-order valence-corrected chi connectivity index (χ3v) is 5.55. The first kappa shape index (κ1) is 19.5. The highest BCUT2D eigenvalue weighted by molar-refractivity contribution is 7.13. The van der Waals surface area contributed by atoms with E-state index in [-0.39, 0.29) is 17.7 Å². The number of nitrogens with zero attached hydrogens (tertiary/aromatic N) is 1. The number of thiazole rings is 1. The van der Waals surface area contributed by atoms with Gasteiger partial charge in [0.15, 0.2) is 0 Å². The minimum absolute atomic E-state index is 0.0675. The summed E-state index contributed by atoms with van der Waals surface area (Å²) in [6, 6.07) is 14.4. The Morgan fingerprint density at radius 2 is 2.14 bits per heavy atom. The summed E-state index contributed by atoms with van der Waals surface area (Å²) >= 11 is 1.24. The van der Waals surface area contributed by atoms with Gasteiger partial charge in [0.1, 0.15) is 28.9 Å². The number of hydrogen-bond acceptors (Lipinski definition) is 5. The highest BCUT2D eigenvalue weighted by Crippen LogP contribution is 2.29. The van der Waals surface area contributed by atoms with Crippen LogP contribution in [0.25, 0.3) is 10.6 Å². The molecule has 150 valence electrons. The number of carbonyl (C=O) groups is 1. The van der Waals surface area contributed by atoms with Gasteiger partial charge >= 0.3 is 0 Å². The Balaban J connectivity index is 1.38. The Hall–Kier alpha value is -2.77. The maximum absolute atomic E-state index is 14.6. The average molecular weight is 412 g/mol. The van der Waals surface area contributed by atoms with Gasteiger partial charge in [-0.25, -0.2) is 9.37 Å². The van der Waals surface area contributed by atoms with Gasteiger partial charge in [0.05, 0.1) is 6.10 Å². The summed E-state index contributed by atoms with van der Waals surface area (Å²) in [6.45, 7) is 1.57. The molecule has 0 bridgehead atoms. The van der Waals surface area contributed by atoms with E-state index in [1.165, 1.54) is 17.4 Å². The minimum atomic E-state index is -0.434. The Morgan fingerprint density at radius 1 is 1.28 bits per heavy atom. The number of nitrogens with one attached hydrogen (secondary N) is 1. The molecule has 1 aliphatic rings. The number of ether oxygens (including phenoxy) is 2. The molecule has 2 heterocycles. The van der Waals surface area contributed by atoms with Gasteiger partial charge in [-0.1, -0.05) is 30.3 Å². The zero-order valence-electron chi connectivity index (χ0n) is 15.8. The first-order valence-electron chi connectivity index (χ1n) is 9.51. The van der Waals surface area contributed by atoms with Crippen LogP contribution in [0, 0.1) is 5.82 Å². The molecule has 1 amide bonds. The second-order valence-corrected chi connectivity index (χ2v) is 7.66. The maximum atomic E-state index is 14.6. The van der Waals surface area contributed by atoms with Crippen molar-refractivity contribution in [3.63, 3.8) is 0 Å². The van der Waals surface area contributed by atoms with Crippen molar-refractivity contribution < 1.29 is 18.7 Å². The molecule has 0 unspecified atom stereocenters. The molecule has 1 N–H and O–H groups in total. The van der Waals surface area contributed by atoms with Crippen LogP contribution in [0.5, 0.6) is 5.75 Å². The number of aromatic nitrogens is 1. The summed E-state index contributed by atoms with van der Waals surface area (Å²) in [6.07, 6.45) is 2.04. The molecule has 29 heavy (non-hydrogen) atoms. The van der Waals surface area contributed by atoms with Crippen molar-refractivity contribution in [2.24, 2.45) is 0 Å². The van der Waals surface area contributed by atoms with E-state index in [1.807, 2.05) is 30.3 Å². The molecule has 0 radical (unpaired) electrons. The standard InChI is InChI=1S/C22H21FN2O3S/c23-19-11-16(28-13-15-5-2-1-3-6-15)8-9-18(19)22-25-20(14-29-22)21(26)24-12-17-7-4-10-27-17/h1-3,5-6,8-9,11,14,17H,4,7,10,12-13H2,(H,24,26)/t17-/m1/s1. The van der Waals surface area contributed by atoms with Crippen LogP contribution in [0.3, 0.4) is 0 Å². The van der Waals surface area contributed by atoms with Gasteiger partial charge in [-0.05, 0) is 30.5 Å². The first-order valence-corrected chi connectivity index (χ1v) is 10.4. The molecule has 3 aromatic rings. The van der Waals surface area contributed by atoms with Gasteiger partial charge in [0.2, 0.25) is 0 Å². The summed E-state index contributed by atoms with van der Waals surface area (Å²) in [7, 11) is 0. The molecule has 0 aliphatic carbocycles. The fourth-order valence-electron chi connectivity index (χ4n) is 3.10. The van der Waals surface area contributed by atoms with Gasteiger partial charge < -0.3 is 14.8 Å². The first-order chi connectivity index (χ1) is 14.2. The van der Waals surface area contributed by atoms with E-state index in [0.717, 1.165) is 25.0 Å². The highest BCUT2D eigenvalue weighted by Gasteiger charge is 2.19. The molecule has 0 saturated carbocycles. The fourth-order valence-corrected chi connectivity index (χ4v) is 3.93. The smallest absolute Gasteiger partial charge is 0.270 e. The van der Waals surface area contributed by atoms with Gasteiger partial charge in [0.25, 0.3) is 5.91 Å². The number of halogens is 1. The summed E-state index contributed by atoms with van der Waals surface area (Å²) < 4.78 is 25.7. The van der Waals surface area contributed by atoms with E-state index in [0.29, 0.717) is 29.5 Å². The zero-order chi connectivity index (χ0) is 20.1. The number of rotatable bonds is 7. The number of hydrogen-bond donors (Lipinski definition) is 1. The van der Waals surface area contributed by atoms with E-state index in [1.54, 1.807) is 17.5 Å². The van der Waals surface area contributed by atoms with Crippen molar-refractivity contribution in [1.82, 2.24) is 10.3 Å². The molecule has 0 spiro atoms. The zero-order valence-corrected chi connectivity index (χ0v) is 16.6. The topological polar surface area (TPSA) is 60.5 Å². The number of carbonyl (C=O) groups excluding carboxylic acids is 1. The average Bonchev–Trinajstić information content (AvgIpc) is 3.44. The third-order valence-electron chi connectivity index (χ3n) is 4.67. The molecule has 1 aliphatic heterocycles. The van der Waals surface area contributed by atoms with Crippen LogP contribution >= 0.6 is 11.3 Å². The van der Waals surface area contributed by atoms with E-state index in [2.05, 4.69) is 10.3 Å². The fraction of sp³-hybridized carbons (Fsp3) is 0.273. The third kappa shape index (κ3) is 4.99. The van der Waals surface area contributed by atoms with Crippen molar-refractivity contribution in [3.05, 3.63) is 71.0 Å². The lowest BCUT2D eigenvalue weighted by atomic mass is 10.2. The number of amides is 1. The Labute approximate surface area is 172 Å². The maximum Gasteiger partial charge on any atom is 0.270 e. The van der Waals surface area contributed by atoms with E-state index in [4.69, 9.17) is 9.47 Å². The molecular weight excluding hydrogens is 391 g/mol. The van der Waals surface area contributed by atoms with Gasteiger partial charge in [-0.3, -0.25) is 4.79 Å². The lowest BCUT2D eigenvalue weighted by molar-refractivity contribution is 0.0854. The summed E-state index contributed by atoms with van der Waals surface area (Å²) in [5.41, 5.74) is 1.64. The Morgan fingerprint density at radius 3 is 2.90 bits per heavy atom. The highest BCUT2D eigenvalue weighted by atomic mass is 32.1. The largest absolute Gasteiger partial charge is 0.489 e. The van der Waals surface area contributed by atoms with Crippen LogP contribution in [-0.4, -0.2) is 30.1 Å². The lowest BCUT2D eigenvalue weighted by Gasteiger charge is -2.09. The molecule has 1 saturated heterocycles. The predicted molar refractivity (Wildman–Crippen MR) is 110 cm³/mol. The molecule has 4 rings (SSSR count). The molecule has 1 aromatic heterocycles. The molecule has 1 fully saturated rings. The monoisotopic (exact) mass is 412 g/mol.